The van der Waals surface area contributed by atoms with Gasteiger partial charge in [0.2, 0.25) is 0 Å². The maximum absolute atomic E-state index is 14.3. The number of aryl methyl sites for hydroxylation is 1. The fraction of sp³-hybridized carbons (Fsp3) is 0.250. The molecule has 0 radical (unpaired) electrons. The molecule has 3 rings (SSSR count). The molecule has 0 bridgehead atoms. The molecule has 0 saturated heterocycles. The predicted molar refractivity (Wildman–Crippen MR) is 118 cm³/mol. The Labute approximate surface area is 184 Å². The molecule has 0 N–H and O–H groups in total. The van der Waals surface area contributed by atoms with Crippen molar-refractivity contribution in [3.8, 4) is 11.1 Å². The molecule has 162 valence electrons. The van der Waals surface area contributed by atoms with Crippen LogP contribution >= 0.6 is 11.3 Å². The molecule has 0 fully saturated rings. The summed E-state index contributed by atoms with van der Waals surface area (Å²) >= 11 is 1.55. The summed E-state index contributed by atoms with van der Waals surface area (Å²) < 4.78 is 34.0. The van der Waals surface area contributed by atoms with Gasteiger partial charge in [-0.3, -0.25) is 14.5 Å². The minimum absolute atomic E-state index is 0.335. The maximum atomic E-state index is 14.3. The van der Waals surface area contributed by atoms with Gasteiger partial charge in [-0.15, -0.1) is 0 Å². The number of nitrogens with zero attached hydrogens (tertiary/aromatic N) is 1. The third-order valence-electron chi connectivity index (χ3n) is 4.45. The number of hydrogen-bond donors (Lipinski definition) is 0. The Kier molecular flexibility index (Phi) is 6.55. The Balaban J connectivity index is 2.05. The van der Waals surface area contributed by atoms with Crippen LogP contribution in [-0.4, -0.2) is 24.0 Å². The number of amides is 1. The van der Waals surface area contributed by atoms with Gasteiger partial charge in [0.15, 0.2) is 0 Å². The summed E-state index contributed by atoms with van der Waals surface area (Å²) in [7, 11) is 0. The molecule has 0 unspecified atom stereocenters. The average molecular weight is 444 g/mol. The van der Waals surface area contributed by atoms with Gasteiger partial charge in [0.05, 0.1) is 0 Å². The lowest BCUT2D eigenvalue weighted by Gasteiger charge is -2.26. The largest absolute Gasteiger partial charge is 0.459 e. The number of benzene rings is 2. The molecule has 31 heavy (non-hydrogen) atoms. The highest BCUT2D eigenvalue weighted by Crippen LogP contribution is 2.31. The van der Waals surface area contributed by atoms with E-state index in [1.54, 1.807) is 50.3 Å². The highest BCUT2D eigenvalue weighted by molar-refractivity contribution is 7.08. The molecule has 0 spiro atoms. The molecule has 4 nitrogen and oxygen atoms in total. The molecular formula is C24H23F2NO3S. The molecule has 2 aromatic carbocycles. The molecule has 1 heterocycles. The van der Waals surface area contributed by atoms with Gasteiger partial charge >= 0.3 is 5.97 Å². The lowest BCUT2D eigenvalue weighted by Crippen LogP contribution is -2.39. The van der Waals surface area contributed by atoms with Gasteiger partial charge in [-0.2, -0.15) is 11.3 Å². The van der Waals surface area contributed by atoms with E-state index in [1.807, 2.05) is 23.8 Å². The molecular weight excluding hydrogens is 420 g/mol. The summed E-state index contributed by atoms with van der Waals surface area (Å²) in [6.45, 7) is 6.58. The van der Waals surface area contributed by atoms with Gasteiger partial charge < -0.3 is 4.74 Å². The second-order valence-corrected chi connectivity index (χ2v) is 8.84. The van der Waals surface area contributed by atoms with Crippen LogP contribution in [0.5, 0.6) is 0 Å². The first-order chi connectivity index (χ1) is 14.6. The van der Waals surface area contributed by atoms with Gasteiger partial charge in [-0.05, 0) is 79.4 Å². The second kappa shape index (κ2) is 8.98. The number of esters is 1. The van der Waals surface area contributed by atoms with E-state index < -0.39 is 41.2 Å². The zero-order valence-corrected chi connectivity index (χ0v) is 18.6. The van der Waals surface area contributed by atoms with Gasteiger partial charge in [0.1, 0.15) is 29.3 Å². The number of carbonyl (C=O) groups is 2. The minimum Gasteiger partial charge on any atom is -0.459 e. The Morgan fingerprint density at radius 2 is 1.68 bits per heavy atom. The van der Waals surface area contributed by atoms with Crippen LogP contribution in [0.4, 0.5) is 14.5 Å². The lowest BCUT2D eigenvalue weighted by atomic mass is 10.0. The van der Waals surface area contributed by atoms with Crippen molar-refractivity contribution in [1.29, 1.82) is 0 Å². The Bertz CT molecular complexity index is 1100. The van der Waals surface area contributed by atoms with E-state index in [0.717, 1.165) is 33.7 Å². The summed E-state index contributed by atoms with van der Waals surface area (Å²) in [6.07, 6.45) is 0. The van der Waals surface area contributed by atoms with E-state index in [2.05, 4.69) is 0 Å². The van der Waals surface area contributed by atoms with Crippen molar-refractivity contribution in [2.24, 2.45) is 0 Å². The van der Waals surface area contributed by atoms with Crippen LogP contribution in [0.25, 0.3) is 11.1 Å². The summed E-state index contributed by atoms with van der Waals surface area (Å²) in [5, 5.41) is 3.98. The van der Waals surface area contributed by atoms with Crippen molar-refractivity contribution in [3.05, 3.63) is 76.0 Å². The molecule has 0 aliphatic heterocycles. The quantitative estimate of drug-likeness (QED) is 0.455. The van der Waals surface area contributed by atoms with E-state index in [0.29, 0.717) is 5.69 Å². The third-order valence-corrected chi connectivity index (χ3v) is 5.31. The topological polar surface area (TPSA) is 46.6 Å². The van der Waals surface area contributed by atoms with Crippen molar-refractivity contribution in [1.82, 2.24) is 0 Å². The fourth-order valence-corrected chi connectivity index (χ4v) is 3.98. The number of halogens is 2. The summed E-state index contributed by atoms with van der Waals surface area (Å²) in [5.74, 6) is -3.64. The number of ether oxygens (including phenoxy) is 1. The minimum atomic E-state index is -0.996. The highest BCUT2D eigenvalue weighted by Gasteiger charge is 2.28. The first-order valence-electron chi connectivity index (χ1n) is 9.68. The van der Waals surface area contributed by atoms with Crippen LogP contribution in [-0.2, 0) is 9.53 Å². The van der Waals surface area contributed by atoms with Crippen molar-refractivity contribution < 1.29 is 23.1 Å². The van der Waals surface area contributed by atoms with Crippen molar-refractivity contribution in [2.45, 2.75) is 33.3 Å². The summed E-state index contributed by atoms with van der Waals surface area (Å²) in [6, 6.07) is 10.1. The average Bonchev–Trinajstić information content (AvgIpc) is 3.10. The lowest BCUT2D eigenvalue weighted by molar-refractivity contribution is -0.152. The first kappa shape index (κ1) is 22.6. The second-order valence-electron chi connectivity index (χ2n) is 8.09. The van der Waals surface area contributed by atoms with E-state index in [4.69, 9.17) is 4.74 Å². The number of anilines is 1. The Morgan fingerprint density at radius 3 is 2.26 bits per heavy atom. The SMILES string of the molecule is Cc1cscc1-c1cccc(N(CC(=O)OC(C)(C)C)C(=O)c2c(F)cccc2F)c1. The summed E-state index contributed by atoms with van der Waals surface area (Å²) in [4.78, 5) is 26.7. The first-order valence-corrected chi connectivity index (χ1v) is 10.6. The predicted octanol–water partition coefficient (Wildman–Crippen LogP) is 5.99. The molecule has 1 aromatic heterocycles. The van der Waals surface area contributed by atoms with Gasteiger partial charge in [-0.1, -0.05) is 18.2 Å². The maximum Gasteiger partial charge on any atom is 0.326 e. The standard InChI is InChI=1S/C24H23F2NO3S/c1-15-13-31-14-18(15)16-7-5-8-17(11-16)27(12-21(28)30-24(2,3)4)23(29)22-19(25)9-6-10-20(22)26/h5-11,13-14H,12H2,1-4H3. The zero-order chi connectivity index (χ0) is 22.8. The van der Waals surface area contributed by atoms with Gasteiger partial charge in [-0.25, -0.2) is 8.78 Å². The normalized spacial score (nSPS) is 11.3. The van der Waals surface area contributed by atoms with E-state index in [1.165, 1.54) is 6.07 Å². The van der Waals surface area contributed by atoms with E-state index >= 15 is 0 Å². The van der Waals surface area contributed by atoms with E-state index in [9.17, 15) is 18.4 Å². The molecule has 3 aromatic rings. The molecule has 7 heteroatoms. The van der Waals surface area contributed by atoms with Crippen molar-refractivity contribution in [2.75, 3.05) is 11.4 Å². The number of thiophene rings is 1. The zero-order valence-electron chi connectivity index (χ0n) is 17.7. The van der Waals surface area contributed by atoms with E-state index in [-0.39, 0.29) is 0 Å². The smallest absolute Gasteiger partial charge is 0.326 e. The molecule has 0 aliphatic carbocycles. The number of hydrogen-bond acceptors (Lipinski definition) is 4. The fourth-order valence-electron chi connectivity index (χ4n) is 3.12. The van der Waals surface area contributed by atoms with Gasteiger partial charge in [0, 0.05) is 5.69 Å². The van der Waals surface area contributed by atoms with Crippen LogP contribution < -0.4 is 4.90 Å². The molecule has 0 aliphatic rings. The van der Waals surface area contributed by atoms with Crippen LogP contribution in [0.15, 0.2) is 53.2 Å². The van der Waals surface area contributed by atoms with Crippen LogP contribution in [0.1, 0.15) is 36.7 Å². The number of carbonyl (C=O) groups excluding carboxylic acids is 2. The van der Waals surface area contributed by atoms with Crippen molar-refractivity contribution >= 4 is 28.9 Å². The van der Waals surface area contributed by atoms with Gasteiger partial charge in [0.25, 0.3) is 5.91 Å². The monoisotopic (exact) mass is 443 g/mol. The summed E-state index contributed by atoms with van der Waals surface area (Å²) in [5.41, 5.74) is 1.71. The van der Waals surface area contributed by atoms with Crippen LogP contribution in [0.2, 0.25) is 0 Å². The highest BCUT2D eigenvalue weighted by atomic mass is 32.1. The Hall–Kier alpha value is -3.06. The van der Waals surface area contributed by atoms with Crippen molar-refractivity contribution in [3.63, 3.8) is 0 Å². The third kappa shape index (κ3) is 5.35. The molecule has 1 amide bonds. The van der Waals surface area contributed by atoms with Crippen LogP contribution in [0.3, 0.4) is 0 Å². The number of rotatable bonds is 5. The molecule has 0 atom stereocenters. The Morgan fingerprint density at radius 1 is 1.03 bits per heavy atom. The molecule has 0 saturated carbocycles. The van der Waals surface area contributed by atoms with Crippen LogP contribution in [0, 0.1) is 18.6 Å².